The summed E-state index contributed by atoms with van der Waals surface area (Å²) in [6.07, 6.45) is 4.21. The Labute approximate surface area is 116 Å². The molecule has 1 aromatic heterocycles. The van der Waals surface area contributed by atoms with Gasteiger partial charge in [0, 0.05) is 17.6 Å². The van der Waals surface area contributed by atoms with E-state index in [2.05, 4.69) is 61.4 Å². The Bertz CT molecular complexity index is 535. The van der Waals surface area contributed by atoms with E-state index in [0.717, 1.165) is 6.42 Å². The first-order valence-electron chi connectivity index (χ1n) is 7.02. The van der Waals surface area contributed by atoms with Crippen LogP contribution in [0.25, 0.3) is 10.8 Å². The lowest BCUT2D eigenvalue weighted by atomic mass is 9.87. The summed E-state index contributed by atoms with van der Waals surface area (Å²) in [7, 11) is 2.02. The van der Waals surface area contributed by atoms with Crippen molar-refractivity contribution < 1.29 is 0 Å². The van der Waals surface area contributed by atoms with Crippen LogP contribution in [0.2, 0.25) is 0 Å². The molecule has 1 N–H and O–H groups in total. The molecule has 0 bridgehead atoms. The first kappa shape index (κ1) is 14.0. The van der Waals surface area contributed by atoms with E-state index in [1.165, 1.54) is 22.9 Å². The molecule has 0 aliphatic rings. The van der Waals surface area contributed by atoms with E-state index in [-0.39, 0.29) is 0 Å². The van der Waals surface area contributed by atoms with Crippen LogP contribution in [0.15, 0.2) is 36.5 Å². The molecule has 1 unspecified atom stereocenters. The molecular formula is C17H24N2. The Morgan fingerprint density at radius 3 is 2.58 bits per heavy atom. The lowest BCUT2D eigenvalue weighted by molar-refractivity contribution is 0.336. The van der Waals surface area contributed by atoms with Crippen LogP contribution in [0.5, 0.6) is 0 Å². The molecule has 0 aliphatic carbocycles. The fourth-order valence-electron chi connectivity index (χ4n) is 2.42. The second-order valence-corrected chi connectivity index (χ2v) is 6.36. The lowest BCUT2D eigenvalue weighted by Gasteiger charge is -2.23. The van der Waals surface area contributed by atoms with Gasteiger partial charge in [0.05, 0.1) is 5.69 Å². The molecule has 2 heteroatoms. The number of pyridine rings is 1. The van der Waals surface area contributed by atoms with Gasteiger partial charge in [-0.2, -0.15) is 0 Å². The maximum atomic E-state index is 4.62. The lowest BCUT2D eigenvalue weighted by Crippen LogP contribution is -2.20. The van der Waals surface area contributed by atoms with Crippen LogP contribution in [-0.4, -0.2) is 12.0 Å². The molecule has 19 heavy (non-hydrogen) atoms. The Hall–Kier alpha value is -1.41. The zero-order valence-electron chi connectivity index (χ0n) is 12.4. The third-order valence-electron chi connectivity index (χ3n) is 3.57. The van der Waals surface area contributed by atoms with Gasteiger partial charge in [0.2, 0.25) is 0 Å². The van der Waals surface area contributed by atoms with Crippen LogP contribution in [0.4, 0.5) is 0 Å². The number of rotatable bonds is 4. The summed E-state index contributed by atoms with van der Waals surface area (Å²) in [5, 5.41) is 5.95. The molecule has 1 heterocycles. The second kappa shape index (κ2) is 5.70. The van der Waals surface area contributed by atoms with Crippen molar-refractivity contribution in [3.63, 3.8) is 0 Å². The SMILES string of the molecule is CNC(CCC(C)(C)C)c1nccc2ccccc12. The summed E-state index contributed by atoms with van der Waals surface area (Å²) in [5.74, 6) is 0. The molecule has 2 aromatic rings. The zero-order chi connectivity index (χ0) is 13.9. The molecule has 0 radical (unpaired) electrons. The molecule has 0 spiro atoms. The highest BCUT2D eigenvalue weighted by Crippen LogP contribution is 2.29. The monoisotopic (exact) mass is 256 g/mol. The highest BCUT2D eigenvalue weighted by Gasteiger charge is 2.18. The maximum Gasteiger partial charge on any atom is 0.0651 e. The highest BCUT2D eigenvalue weighted by atomic mass is 14.9. The number of nitrogens with one attached hydrogen (secondary N) is 1. The van der Waals surface area contributed by atoms with Crippen LogP contribution in [0.3, 0.4) is 0 Å². The van der Waals surface area contributed by atoms with E-state index in [0.29, 0.717) is 11.5 Å². The predicted octanol–water partition coefficient (Wildman–Crippen LogP) is 4.32. The van der Waals surface area contributed by atoms with Crippen molar-refractivity contribution in [3.05, 3.63) is 42.2 Å². The minimum Gasteiger partial charge on any atom is -0.312 e. The number of aromatic nitrogens is 1. The van der Waals surface area contributed by atoms with Crippen molar-refractivity contribution >= 4 is 10.8 Å². The van der Waals surface area contributed by atoms with Gasteiger partial charge >= 0.3 is 0 Å². The molecular weight excluding hydrogens is 232 g/mol. The van der Waals surface area contributed by atoms with Gasteiger partial charge in [0.1, 0.15) is 0 Å². The Balaban J connectivity index is 2.30. The average Bonchev–Trinajstić information content (AvgIpc) is 2.38. The average molecular weight is 256 g/mol. The highest BCUT2D eigenvalue weighted by molar-refractivity contribution is 5.84. The van der Waals surface area contributed by atoms with Gasteiger partial charge in [0.25, 0.3) is 0 Å². The molecule has 1 atom stereocenters. The van der Waals surface area contributed by atoms with Gasteiger partial charge < -0.3 is 5.32 Å². The number of benzene rings is 1. The van der Waals surface area contributed by atoms with Crippen LogP contribution < -0.4 is 5.32 Å². The number of hydrogen-bond donors (Lipinski definition) is 1. The molecule has 2 nitrogen and oxygen atoms in total. The van der Waals surface area contributed by atoms with E-state index in [1.54, 1.807) is 0 Å². The molecule has 102 valence electrons. The van der Waals surface area contributed by atoms with E-state index in [4.69, 9.17) is 0 Å². The smallest absolute Gasteiger partial charge is 0.0651 e. The van der Waals surface area contributed by atoms with Crippen LogP contribution in [0, 0.1) is 5.41 Å². The molecule has 0 amide bonds. The van der Waals surface area contributed by atoms with Crippen LogP contribution in [0.1, 0.15) is 45.3 Å². The molecule has 0 fully saturated rings. The van der Waals surface area contributed by atoms with E-state index in [9.17, 15) is 0 Å². The summed E-state index contributed by atoms with van der Waals surface area (Å²) < 4.78 is 0. The van der Waals surface area contributed by atoms with E-state index >= 15 is 0 Å². The maximum absolute atomic E-state index is 4.62. The molecule has 1 aromatic carbocycles. The van der Waals surface area contributed by atoms with Crippen molar-refractivity contribution in [2.24, 2.45) is 5.41 Å². The molecule has 0 aliphatic heterocycles. The summed E-state index contributed by atoms with van der Waals surface area (Å²) in [6.45, 7) is 6.86. The van der Waals surface area contributed by atoms with E-state index in [1.807, 2.05) is 13.2 Å². The van der Waals surface area contributed by atoms with Gasteiger partial charge in [-0.25, -0.2) is 0 Å². The summed E-state index contributed by atoms with van der Waals surface area (Å²) in [5.41, 5.74) is 1.53. The first-order valence-corrected chi connectivity index (χ1v) is 7.02. The first-order chi connectivity index (χ1) is 9.01. The number of hydrogen-bond acceptors (Lipinski definition) is 2. The van der Waals surface area contributed by atoms with Crippen LogP contribution >= 0.6 is 0 Å². The van der Waals surface area contributed by atoms with Crippen molar-refractivity contribution in [1.82, 2.24) is 10.3 Å². The van der Waals surface area contributed by atoms with Gasteiger partial charge in [0.15, 0.2) is 0 Å². The second-order valence-electron chi connectivity index (χ2n) is 6.36. The van der Waals surface area contributed by atoms with Crippen LogP contribution in [-0.2, 0) is 0 Å². The fraction of sp³-hybridized carbons (Fsp3) is 0.471. The van der Waals surface area contributed by atoms with Crippen molar-refractivity contribution in [3.8, 4) is 0 Å². The third-order valence-corrected chi connectivity index (χ3v) is 3.57. The zero-order valence-corrected chi connectivity index (χ0v) is 12.4. The van der Waals surface area contributed by atoms with Crippen molar-refractivity contribution in [2.45, 2.75) is 39.7 Å². The third kappa shape index (κ3) is 3.54. The molecule has 0 saturated carbocycles. The number of fused-ring (bicyclic) bond motifs is 1. The quantitative estimate of drug-likeness (QED) is 0.881. The largest absolute Gasteiger partial charge is 0.312 e. The Morgan fingerprint density at radius 2 is 1.89 bits per heavy atom. The van der Waals surface area contributed by atoms with Gasteiger partial charge in [-0.3, -0.25) is 4.98 Å². The number of nitrogens with zero attached hydrogens (tertiary/aromatic N) is 1. The van der Waals surface area contributed by atoms with Gasteiger partial charge in [-0.1, -0.05) is 45.0 Å². The van der Waals surface area contributed by atoms with E-state index < -0.39 is 0 Å². The standard InChI is InChI=1S/C17H24N2/c1-17(2,3)11-9-15(18-4)16-14-8-6-5-7-13(14)10-12-19-16/h5-8,10,12,15,18H,9,11H2,1-4H3. The Kier molecular flexibility index (Phi) is 4.20. The minimum absolute atomic E-state index is 0.324. The summed E-state index contributed by atoms with van der Waals surface area (Å²) in [4.78, 5) is 4.62. The summed E-state index contributed by atoms with van der Waals surface area (Å²) in [6, 6.07) is 10.9. The Morgan fingerprint density at radius 1 is 1.16 bits per heavy atom. The molecule has 2 rings (SSSR count). The van der Waals surface area contributed by atoms with Gasteiger partial charge in [-0.15, -0.1) is 0 Å². The summed E-state index contributed by atoms with van der Waals surface area (Å²) >= 11 is 0. The fourth-order valence-corrected chi connectivity index (χ4v) is 2.42. The van der Waals surface area contributed by atoms with Crippen molar-refractivity contribution in [2.75, 3.05) is 7.05 Å². The normalized spacial score (nSPS) is 13.7. The topological polar surface area (TPSA) is 24.9 Å². The molecule has 0 saturated heterocycles. The minimum atomic E-state index is 0.324. The van der Waals surface area contributed by atoms with Gasteiger partial charge in [-0.05, 0) is 36.8 Å². The predicted molar refractivity (Wildman–Crippen MR) is 82.2 cm³/mol. The van der Waals surface area contributed by atoms with Crippen molar-refractivity contribution in [1.29, 1.82) is 0 Å².